The fourth-order valence-electron chi connectivity index (χ4n) is 2.07. The van der Waals surface area contributed by atoms with Crippen LogP contribution in [0.4, 0.5) is 5.69 Å². The molecule has 1 unspecified atom stereocenters. The molecule has 9 heteroatoms. The van der Waals surface area contributed by atoms with E-state index in [4.69, 9.17) is 10.5 Å². The highest BCUT2D eigenvalue weighted by Gasteiger charge is 2.12. The van der Waals surface area contributed by atoms with Crippen molar-refractivity contribution in [1.29, 1.82) is 0 Å². The van der Waals surface area contributed by atoms with Crippen molar-refractivity contribution in [2.75, 3.05) is 18.1 Å². The lowest BCUT2D eigenvalue weighted by Crippen LogP contribution is -3.00. The number of hydrogen-bond acceptors (Lipinski definition) is 6. The van der Waals surface area contributed by atoms with E-state index in [1.54, 1.807) is 53.4 Å². The Balaban J connectivity index is 0.00000312. The van der Waals surface area contributed by atoms with E-state index in [2.05, 4.69) is 0 Å². The van der Waals surface area contributed by atoms with E-state index in [1.165, 1.54) is 0 Å². The molecule has 0 saturated heterocycles. The second-order valence-corrected chi connectivity index (χ2v) is 6.97. The summed E-state index contributed by atoms with van der Waals surface area (Å²) < 4.78 is 39.1. The van der Waals surface area contributed by atoms with Crippen LogP contribution < -0.4 is 32.0 Å². The van der Waals surface area contributed by atoms with E-state index in [9.17, 15) is 18.1 Å². The van der Waals surface area contributed by atoms with E-state index in [-0.39, 0.29) is 30.0 Å². The molecule has 0 aliphatic carbocycles. The molecule has 2 aromatic rings. The maximum Gasteiger partial charge on any atom is 0.177 e. The number of aromatic nitrogens is 1. The van der Waals surface area contributed by atoms with Gasteiger partial charge >= 0.3 is 0 Å². The minimum absolute atomic E-state index is 0. The van der Waals surface area contributed by atoms with Crippen molar-refractivity contribution in [3.63, 3.8) is 0 Å². The highest BCUT2D eigenvalue weighted by molar-refractivity contribution is 7.85. The van der Waals surface area contributed by atoms with Crippen LogP contribution in [0.1, 0.15) is 5.56 Å². The number of nitrogens with two attached hydrogens (primary N) is 1. The lowest BCUT2D eigenvalue weighted by atomic mass is 10.2. The molecule has 25 heavy (non-hydrogen) atoms. The highest BCUT2D eigenvalue weighted by Crippen LogP contribution is 2.13. The van der Waals surface area contributed by atoms with Crippen molar-refractivity contribution in [2.24, 2.45) is 0 Å². The summed E-state index contributed by atoms with van der Waals surface area (Å²) in [6, 6.07) is 10.3. The van der Waals surface area contributed by atoms with Crippen LogP contribution in [0.15, 0.2) is 48.8 Å². The number of nitrogens with zero attached hydrogens (tertiary/aromatic N) is 1. The zero-order valence-corrected chi connectivity index (χ0v) is 15.8. The maximum absolute atomic E-state index is 10.6. The van der Waals surface area contributed by atoms with Gasteiger partial charge in [-0.05, 0) is 36.2 Å². The van der Waals surface area contributed by atoms with E-state index in [0.29, 0.717) is 18.0 Å². The van der Waals surface area contributed by atoms with Gasteiger partial charge in [-0.3, -0.25) is 0 Å². The molecular formula is C16H20BrN2O5S-. The van der Waals surface area contributed by atoms with Gasteiger partial charge < -0.3 is 37.1 Å². The summed E-state index contributed by atoms with van der Waals surface area (Å²) in [5.41, 5.74) is 6.97. The molecule has 3 N–H and O–H groups in total. The number of ether oxygens (including phenoxy) is 1. The van der Waals surface area contributed by atoms with E-state index in [1.807, 2.05) is 0 Å². The molecule has 1 aromatic carbocycles. The number of aryl methyl sites for hydroxylation is 1. The molecule has 0 radical (unpaired) electrons. The number of nitrogen functional groups attached to an aromatic ring is 1. The van der Waals surface area contributed by atoms with Gasteiger partial charge in [0, 0.05) is 23.6 Å². The zero-order chi connectivity index (χ0) is 17.6. The van der Waals surface area contributed by atoms with Gasteiger partial charge in [0.2, 0.25) is 0 Å². The lowest BCUT2D eigenvalue weighted by Gasteiger charge is -2.10. The van der Waals surface area contributed by atoms with Crippen LogP contribution in [0.5, 0.6) is 5.75 Å². The molecule has 0 saturated carbocycles. The summed E-state index contributed by atoms with van der Waals surface area (Å²) in [5.74, 6) is 0.206. The average molecular weight is 432 g/mol. The molecule has 0 spiro atoms. The van der Waals surface area contributed by atoms with Gasteiger partial charge in [-0.25, -0.2) is 13.0 Å². The fourth-order valence-corrected chi connectivity index (χ4v) is 2.56. The molecule has 0 fully saturated rings. The molecule has 1 aromatic heterocycles. The first-order valence-corrected chi connectivity index (χ1v) is 8.97. The van der Waals surface area contributed by atoms with Crippen LogP contribution >= 0.6 is 0 Å². The van der Waals surface area contributed by atoms with Crippen LogP contribution in [0.25, 0.3) is 0 Å². The topological polar surface area (TPSA) is 117 Å². The molecule has 0 amide bonds. The Bertz CT molecular complexity index is 751. The monoisotopic (exact) mass is 431 g/mol. The molecule has 7 nitrogen and oxygen atoms in total. The van der Waals surface area contributed by atoms with Gasteiger partial charge in [0.25, 0.3) is 0 Å². The van der Waals surface area contributed by atoms with E-state index < -0.39 is 22.0 Å². The normalized spacial score (nSPS) is 12.2. The second-order valence-electron chi connectivity index (χ2n) is 5.45. The molecular weight excluding hydrogens is 412 g/mol. The highest BCUT2D eigenvalue weighted by atomic mass is 79.9. The van der Waals surface area contributed by atoms with Gasteiger partial charge in [0.1, 0.15) is 18.5 Å². The number of rotatable bonds is 8. The zero-order valence-electron chi connectivity index (χ0n) is 13.4. The van der Waals surface area contributed by atoms with Gasteiger partial charge in [-0.15, -0.1) is 0 Å². The predicted octanol–water partition coefficient (Wildman–Crippen LogP) is -2.91. The second kappa shape index (κ2) is 9.71. The first kappa shape index (κ1) is 21.4. The summed E-state index contributed by atoms with van der Waals surface area (Å²) >= 11 is 0. The van der Waals surface area contributed by atoms with Crippen molar-refractivity contribution < 1.29 is 44.4 Å². The fraction of sp³-hybridized carbons (Fsp3) is 0.312. The first-order chi connectivity index (χ1) is 11.3. The first-order valence-electron chi connectivity index (χ1n) is 7.40. The molecule has 1 heterocycles. The quantitative estimate of drug-likeness (QED) is 0.263. The minimum Gasteiger partial charge on any atom is -1.00 e. The Labute approximate surface area is 157 Å². The van der Waals surface area contributed by atoms with Crippen LogP contribution in [-0.4, -0.2) is 36.5 Å². The Morgan fingerprint density at radius 3 is 2.32 bits per heavy atom. The largest absolute Gasteiger partial charge is 1.00 e. The predicted molar refractivity (Wildman–Crippen MR) is 87.3 cm³/mol. The average Bonchev–Trinajstić information content (AvgIpc) is 2.53. The van der Waals surface area contributed by atoms with Crippen LogP contribution in [0.3, 0.4) is 0 Å². The Morgan fingerprint density at radius 1 is 1.16 bits per heavy atom. The van der Waals surface area contributed by atoms with Crippen molar-refractivity contribution in [3.05, 3.63) is 54.4 Å². The molecule has 1 atom stereocenters. The van der Waals surface area contributed by atoms with Gasteiger partial charge in [0.15, 0.2) is 18.9 Å². The molecule has 0 aliphatic heterocycles. The number of hydrogen-bond donors (Lipinski definition) is 2. The van der Waals surface area contributed by atoms with Crippen LogP contribution in [0.2, 0.25) is 0 Å². The summed E-state index contributed by atoms with van der Waals surface area (Å²) in [6.45, 7) is 0.461. The van der Waals surface area contributed by atoms with Gasteiger partial charge in [-0.1, -0.05) is 0 Å². The Kier molecular flexibility index (Phi) is 8.30. The van der Waals surface area contributed by atoms with E-state index >= 15 is 0 Å². The lowest BCUT2D eigenvalue weighted by molar-refractivity contribution is -0.703. The molecule has 138 valence electrons. The SMILES string of the molecule is Nc1ccc(OCC(O)C[n+]2ccc(CCS(=O)(=O)[O-])cc2)cc1.[Br-]. The maximum atomic E-state index is 10.6. The standard InChI is InChI=1S/C16H20N2O5S.BrH/c17-14-1-3-16(4-2-14)23-12-15(19)11-18-8-5-13(6-9-18)7-10-24(20,21)22;/h1-6,8-9,15,19H,7,10-12,17H2;1H/p-1. The number of aliphatic hydroxyl groups excluding tert-OH is 1. The van der Waals surface area contributed by atoms with Crippen molar-refractivity contribution in [3.8, 4) is 5.75 Å². The van der Waals surface area contributed by atoms with Gasteiger partial charge in [0.05, 0.1) is 10.1 Å². The number of halogens is 1. The molecule has 2 rings (SSSR count). The summed E-state index contributed by atoms with van der Waals surface area (Å²) in [7, 11) is -4.21. The van der Waals surface area contributed by atoms with Crippen LogP contribution in [-0.2, 0) is 23.1 Å². The molecule has 0 bridgehead atoms. The molecule has 0 aliphatic rings. The number of pyridine rings is 1. The summed E-state index contributed by atoms with van der Waals surface area (Å²) in [4.78, 5) is 0. The number of anilines is 1. The van der Waals surface area contributed by atoms with Crippen molar-refractivity contribution in [1.82, 2.24) is 0 Å². The minimum atomic E-state index is -4.21. The number of benzene rings is 1. The van der Waals surface area contributed by atoms with Crippen molar-refractivity contribution >= 4 is 15.8 Å². The smallest absolute Gasteiger partial charge is 0.177 e. The number of aliphatic hydroxyl groups is 1. The van der Waals surface area contributed by atoms with E-state index in [0.717, 1.165) is 5.56 Å². The third kappa shape index (κ3) is 8.30. The summed E-state index contributed by atoms with van der Waals surface area (Å²) in [5, 5.41) is 10.0. The summed E-state index contributed by atoms with van der Waals surface area (Å²) in [6.07, 6.45) is 2.91. The van der Waals surface area contributed by atoms with Crippen molar-refractivity contribution in [2.45, 2.75) is 19.1 Å². The Morgan fingerprint density at radius 2 is 1.76 bits per heavy atom. The van der Waals surface area contributed by atoms with Gasteiger partial charge in [-0.2, -0.15) is 0 Å². The third-order valence-corrected chi connectivity index (χ3v) is 4.05. The third-order valence-electron chi connectivity index (χ3n) is 3.34. The van der Waals surface area contributed by atoms with Crippen LogP contribution in [0, 0.1) is 0 Å². The Hall–Kier alpha value is -1.68.